The number of benzene rings is 1. The minimum Gasteiger partial charge on any atom is -0.441 e. The van der Waals surface area contributed by atoms with Gasteiger partial charge in [0.15, 0.2) is 0 Å². The van der Waals surface area contributed by atoms with Crippen molar-refractivity contribution in [2.75, 3.05) is 19.6 Å². The normalized spacial score (nSPS) is 19.2. The van der Waals surface area contributed by atoms with Crippen molar-refractivity contribution in [3.63, 3.8) is 0 Å². The van der Waals surface area contributed by atoms with Crippen molar-refractivity contribution >= 4 is 0 Å². The van der Waals surface area contributed by atoms with E-state index in [-0.39, 0.29) is 0 Å². The Labute approximate surface area is 138 Å². The molecule has 1 aliphatic heterocycles. The summed E-state index contributed by atoms with van der Waals surface area (Å²) >= 11 is 0. The maximum Gasteiger partial charge on any atom is 0.226 e. The molecule has 2 aromatic rings. The lowest BCUT2D eigenvalue weighted by molar-refractivity contribution is 0.161. The fraction of sp³-hybridized carbons (Fsp3) is 0.526. The van der Waals surface area contributed by atoms with Gasteiger partial charge in [0.05, 0.1) is 5.69 Å². The molecule has 1 atom stereocenters. The van der Waals surface area contributed by atoms with Gasteiger partial charge < -0.3 is 10.2 Å². The minimum atomic E-state index is 0.733. The average molecular weight is 313 g/mol. The summed E-state index contributed by atoms with van der Waals surface area (Å²) in [6, 6.07) is 8.24. The first-order valence-corrected chi connectivity index (χ1v) is 8.62. The lowest BCUT2D eigenvalue weighted by atomic mass is 9.95. The van der Waals surface area contributed by atoms with Gasteiger partial charge in [-0.3, -0.25) is 4.90 Å². The summed E-state index contributed by atoms with van der Waals surface area (Å²) < 4.78 is 5.94. The topological polar surface area (TPSA) is 55.3 Å². The van der Waals surface area contributed by atoms with Crippen LogP contribution >= 0.6 is 0 Å². The zero-order valence-electron chi connectivity index (χ0n) is 14.2. The highest BCUT2D eigenvalue weighted by molar-refractivity contribution is 5.58. The van der Waals surface area contributed by atoms with Gasteiger partial charge in [-0.25, -0.2) is 4.98 Å². The second-order valence-electron chi connectivity index (χ2n) is 6.66. The Kier molecular flexibility index (Phi) is 5.13. The second kappa shape index (κ2) is 7.28. The van der Waals surface area contributed by atoms with E-state index in [0.717, 1.165) is 61.4 Å². The summed E-state index contributed by atoms with van der Waals surface area (Å²) in [5.74, 6) is 2.41. The van der Waals surface area contributed by atoms with Crippen LogP contribution in [-0.2, 0) is 6.54 Å². The third kappa shape index (κ3) is 3.82. The van der Waals surface area contributed by atoms with Crippen molar-refractivity contribution in [1.82, 2.24) is 9.88 Å². The van der Waals surface area contributed by atoms with Crippen molar-refractivity contribution in [3.8, 4) is 11.5 Å². The van der Waals surface area contributed by atoms with Crippen LogP contribution in [0.1, 0.15) is 36.3 Å². The average Bonchev–Trinajstić information content (AvgIpc) is 2.89. The van der Waals surface area contributed by atoms with Gasteiger partial charge in [0.1, 0.15) is 5.76 Å². The first-order chi connectivity index (χ1) is 11.2. The lowest BCUT2D eigenvalue weighted by Crippen LogP contribution is -2.35. The standard InChI is InChI=1S/C19H27N3O/c1-14-6-3-4-8-17(14)19-21-18(15(2)23-19)13-22-11-5-7-16(12-22)9-10-20/h3-4,6,8,16H,5,7,9-13,20H2,1-2H3/t16-/m0/s1. The number of piperidine rings is 1. The molecule has 23 heavy (non-hydrogen) atoms. The molecule has 2 N–H and O–H groups in total. The minimum absolute atomic E-state index is 0.733. The van der Waals surface area contributed by atoms with Crippen LogP contribution in [-0.4, -0.2) is 29.5 Å². The zero-order valence-corrected chi connectivity index (χ0v) is 14.2. The molecular formula is C19H27N3O. The maximum atomic E-state index is 5.94. The van der Waals surface area contributed by atoms with E-state index in [9.17, 15) is 0 Å². The van der Waals surface area contributed by atoms with E-state index < -0.39 is 0 Å². The van der Waals surface area contributed by atoms with Gasteiger partial charge in [0, 0.05) is 18.7 Å². The van der Waals surface area contributed by atoms with Gasteiger partial charge in [-0.1, -0.05) is 18.2 Å². The number of aromatic nitrogens is 1. The number of likely N-dealkylation sites (tertiary alicyclic amines) is 1. The quantitative estimate of drug-likeness (QED) is 0.917. The highest BCUT2D eigenvalue weighted by Crippen LogP contribution is 2.26. The largest absolute Gasteiger partial charge is 0.441 e. The van der Waals surface area contributed by atoms with Crippen molar-refractivity contribution in [2.45, 2.75) is 39.7 Å². The van der Waals surface area contributed by atoms with E-state index >= 15 is 0 Å². The summed E-state index contributed by atoms with van der Waals surface area (Å²) in [5.41, 5.74) is 9.06. The molecule has 1 aliphatic rings. The Balaban J connectivity index is 1.73. The van der Waals surface area contributed by atoms with Crippen molar-refractivity contribution in [1.29, 1.82) is 0 Å². The van der Waals surface area contributed by atoms with Gasteiger partial charge in [-0.2, -0.15) is 0 Å². The number of nitrogens with two attached hydrogens (primary N) is 1. The van der Waals surface area contributed by atoms with Crippen molar-refractivity contribution < 1.29 is 4.42 Å². The number of hydrogen-bond donors (Lipinski definition) is 1. The van der Waals surface area contributed by atoms with Gasteiger partial charge >= 0.3 is 0 Å². The monoisotopic (exact) mass is 313 g/mol. The molecule has 0 saturated carbocycles. The molecule has 0 radical (unpaired) electrons. The first kappa shape index (κ1) is 16.2. The summed E-state index contributed by atoms with van der Waals surface area (Å²) in [7, 11) is 0. The number of hydrogen-bond acceptors (Lipinski definition) is 4. The molecule has 0 spiro atoms. The maximum absolute atomic E-state index is 5.94. The molecule has 0 unspecified atom stereocenters. The highest BCUT2D eigenvalue weighted by atomic mass is 16.4. The highest BCUT2D eigenvalue weighted by Gasteiger charge is 2.22. The molecule has 124 valence electrons. The Bertz CT molecular complexity index is 648. The van der Waals surface area contributed by atoms with E-state index in [1.807, 2.05) is 19.1 Å². The SMILES string of the molecule is Cc1ccccc1-c1nc(CN2CCC[C@@H](CCN)C2)c(C)o1. The van der Waals surface area contributed by atoms with Crippen LogP contribution < -0.4 is 5.73 Å². The fourth-order valence-electron chi connectivity index (χ4n) is 3.48. The number of rotatable bonds is 5. The third-order valence-electron chi connectivity index (χ3n) is 4.82. The van der Waals surface area contributed by atoms with E-state index in [1.54, 1.807) is 0 Å². The number of nitrogens with zero attached hydrogens (tertiary/aromatic N) is 2. The van der Waals surface area contributed by atoms with E-state index in [4.69, 9.17) is 15.1 Å². The predicted molar refractivity (Wildman–Crippen MR) is 93.1 cm³/mol. The molecule has 1 aromatic carbocycles. The fourth-order valence-corrected chi connectivity index (χ4v) is 3.48. The molecule has 4 nitrogen and oxygen atoms in total. The van der Waals surface area contributed by atoms with Crippen molar-refractivity contribution in [3.05, 3.63) is 41.3 Å². The van der Waals surface area contributed by atoms with Crippen LogP contribution in [0.25, 0.3) is 11.5 Å². The van der Waals surface area contributed by atoms with Crippen LogP contribution in [0.2, 0.25) is 0 Å². The van der Waals surface area contributed by atoms with Crippen LogP contribution in [0.15, 0.2) is 28.7 Å². The van der Waals surface area contributed by atoms with E-state index in [2.05, 4.69) is 24.0 Å². The Morgan fingerprint density at radius 2 is 2.13 bits per heavy atom. The van der Waals surface area contributed by atoms with Crippen LogP contribution in [0.5, 0.6) is 0 Å². The van der Waals surface area contributed by atoms with Gasteiger partial charge in [0.2, 0.25) is 5.89 Å². The summed E-state index contributed by atoms with van der Waals surface area (Å²) in [6.07, 6.45) is 3.69. The smallest absolute Gasteiger partial charge is 0.226 e. The molecule has 0 amide bonds. The first-order valence-electron chi connectivity index (χ1n) is 8.62. The molecule has 1 saturated heterocycles. The molecule has 3 rings (SSSR count). The van der Waals surface area contributed by atoms with E-state index in [1.165, 1.54) is 18.4 Å². The lowest BCUT2D eigenvalue weighted by Gasteiger charge is -2.32. The van der Waals surface area contributed by atoms with Crippen molar-refractivity contribution in [2.24, 2.45) is 11.7 Å². The molecule has 1 fully saturated rings. The third-order valence-corrected chi connectivity index (χ3v) is 4.82. The Hall–Kier alpha value is -1.65. The number of aryl methyl sites for hydroxylation is 2. The van der Waals surface area contributed by atoms with Gasteiger partial charge in [-0.15, -0.1) is 0 Å². The van der Waals surface area contributed by atoms with Crippen LogP contribution in [0, 0.1) is 19.8 Å². The summed E-state index contributed by atoms with van der Waals surface area (Å²) in [4.78, 5) is 7.27. The van der Waals surface area contributed by atoms with E-state index in [0.29, 0.717) is 0 Å². The Morgan fingerprint density at radius 1 is 1.30 bits per heavy atom. The summed E-state index contributed by atoms with van der Waals surface area (Å²) in [5, 5.41) is 0. The van der Waals surface area contributed by atoms with Gasteiger partial charge in [0.25, 0.3) is 0 Å². The molecule has 0 aliphatic carbocycles. The predicted octanol–water partition coefficient (Wildman–Crippen LogP) is 3.52. The zero-order chi connectivity index (χ0) is 16.2. The molecule has 4 heteroatoms. The molecule has 1 aromatic heterocycles. The summed E-state index contributed by atoms with van der Waals surface area (Å²) in [6.45, 7) is 8.06. The number of oxazole rings is 1. The van der Waals surface area contributed by atoms with Gasteiger partial charge in [-0.05, 0) is 63.7 Å². The molecular weight excluding hydrogens is 286 g/mol. The Morgan fingerprint density at radius 3 is 2.91 bits per heavy atom. The molecule has 2 heterocycles. The van der Waals surface area contributed by atoms with Crippen LogP contribution in [0.3, 0.4) is 0 Å². The second-order valence-corrected chi connectivity index (χ2v) is 6.66. The van der Waals surface area contributed by atoms with Crippen LogP contribution in [0.4, 0.5) is 0 Å². The molecule has 0 bridgehead atoms.